The molecular formula is C16H21N5O2S. The van der Waals surface area contributed by atoms with Crippen molar-refractivity contribution in [3.63, 3.8) is 0 Å². The predicted octanol–water partition coefficient (Wildman–Crippen LogP) is 1.61. The first kappa shape index (κ1) is 17.9. The van der Waals surface area contributed by atoms with Crippen LogP contribution in [0.4, 0.5) is 0 Å². The van der Waals surface area contributed by atoms with Gasteiger partial charge in [-0.05, 0) is 38.2 Å². The Bertz CT molecular complexity index is 751. The van der Waals surface area contributed by atoms with Gasteiger partial charge in [-0.15, -0.1) is 0 Å². The molecule has 128 valence electrons. The molecule has 0 fully saturated rings. The van der Waals surface area contributed by atoms with Crippen LogP contribution in [0, 0.1) is 4.77 Å². The van der Waals surface area contributed by atoms with Gasteiger partial charge in [-0.25, -0.2) is 0 Å². The third-order valence-electron chi connectivity index (χ3n) is 3.41. The van der Waals surface area contributed by atoms with Crippen molar-refractivity contribution in [1.29, 1.82) is 0 Å². The molecule has 8 heteroatoms. The summed E-state index contributed by atoms with van der Waals surface area (Å²) >= 11 is 5.18. The Labute approximate surface area is 145 Å². The van der Waals surface area contributed by atoms with Gasteiger partial charge in [0.25, 0.3) is 5.91 Å². The number of amides is 2. The molecule has 3 N–H and O–H groups in total. The van der Waals surface area contributed by atoms with Crippen molar-refractivity contribution in [3.05, 3.63) is 46.5 Å². The van der Waals surface area contributed by atoms with Crippen molar-refractivity contribution >= 4 is 24.0 Å². The maximum absolute atomic E-state index is 11.8. The third-order valence-corrected chi connectivity index (χ3v) is 3.70. The second kappa shape index (κ2) is 8.39. The van der Waals surface area contributed by atoms with Gasteiger partial charge < -0.3 is 15.2 Å². The Morgan fingerprint density at radius 1 is 1.25 bits per heavy atom. The van der Waals surface area contributed by atoms with Crippen molar-refractivity contribution in [1.82, 2.24) is 25.4 Å². The van der Waals surface area contributed by atoms with Crippen LogP contribution in [0.2, 0.25) is 0 Å². The number of nitrogens with one attached hydrogen (secondary N) is 3. The van der Waals surface area contributed by atoms with Crippen LogP contribution in [0.3, 0.4) is 0 Å². The number of hydrogen-bond donors (Lipinski definition) is 3. The number of aromatic amines is 1. The fourth-order valence-corrected chi connectivity index (χ4v) is 2.64. The number of carbonyl (C=O) groups is 2. The maximum Gasteiger partial charge on any atom is 0.251 e. The van der Waals surface area contributed by atoms with Gasteiger partial charge in [0.05, 0.1) is 6.54 Å². The Morgan fingerprint density at radius 3 is 2.62 bits per heavy atom. The Morgan fingerprint density at radius 2 is 1.96 bits per heavy atom. The van der Waals surface area contributed by atoms with E-state index in [0.717, 1.165) is 5.82 Å². The SMILES string of the molecule is CC(C)n1c(CCNC(=O)CNC(=O)c2ccccc2)n[nH]c1=S. The average Bonchev–Trinajstić information content (AvgIpc) is 2.94. The van der Waals surface area contributed by atoms with Crippen molar-refractivity contribution in [2.75, 3.05) is 13.1 Å². The standard InChI is InChI=1S/C16H21N5O2S/c1-11(2)21-13(19-20-16(21)24)8-9-17-14(22)10-18-15(23)12-6-4-3-5-7-12/h3-7,11H,8-10H2,1-2H3,(H,17,22)(H,18,23)(H,20,24). The van der Waals surface area contributed by atoms with Crippen LogP contribution in [-0.2, 0) is 11.2 Å². The fraction of sp³-hybridized carbons (Fsp3) is 0.375. The van der Waals surface area contributed by atoms with E-state index < -0.39 is 0 Å². The van der Waals surface area contributed by atoms with E-state index in [9.17, 15) is 9.59 Å². The molecule has 0 saturated heterocycles. The van der Waals surface area contributed by atoms with Gasteiger partial charge in [0.1, 0.15) is 5.82 Å². The lowest BCUT2D eigenvalue weighted by Gasteiger charge is -2.11. The minimum atomic E-state index is -0.272. The molecule has 0 unspecified atom stereocenters. The summed E-state index contributed by atoms with van der Waals surface area (Å²) in [7, 11) is 0. The number of benzene rings is 1. The monoisotopic (exact) mass is 347 g/mol. The van der Waals surface area contributed by atoms with Gasteiger partial charge >= 0.3 is 0 Å². The predicted molar refractivity (Wildman–Crippen MR) is 93.3 cm³/mol. The van der Waals surface area contributed by atoms with Crippen LogP contribution >= 0.6 is 12.2 Å². The number of nitrogens with zero attached hydrogens (tertiary/aromatic N) is 2. The molecule has 24 heavy (non-hydrogen) atoms. The quantitative estimate of drug-likeness (QED) is 0.664. The van der Waals surface area contributed by atoms with Gasteiger partial charge in [-0.2, -0.15) is 5.10 Å². The summed E-state index contributed by atoms with van der Waals surface area (Å²) in [6, 6.07) is 8.97. The molecule has 2 amide bonds. The first-order valence-corrected chi connectivity index (χ1v) is 8.15. The first-order valence-electron chi connectivity index (χ1n) is 7.74. The van der Waals surface area contributed by atoms with Crippen LogP contribution in [-0.4, -0.2) is 39.7 Å². The Balaban J connectivity index is 1.76. The molecule has 0 aliphatic rings. The van der Waals surface area contributed by atoms with E-state index in [-0.39, 0.29) is 24.4 Å². The lowest BCUT2D eigenvalue weighted by Crippen LogP contribution is -2.37. The highest BCUT2D eigenvalue weighted by atomic mass is 32.1. The fourth-order valence-electron chi connectivity index (χ4n) is 2.27. The smallest absolute Gasteiger partial charge is 0.251 e. The third kappa shape index (κ3) is 4.76. The summed E-state index contributed by atoms with van der Waals surface area (Å²) in [4.78, 5) is 23.7. The van der Waals surface area contributed by atoms with E-state index >= 15 is 0 Å². The van der Waals surface area contributed by atoms with E-state index in [1.165, 1.54) is 0 Å². The molecule has 0 saturated carbocycles. The van der Waals surface area contributed by atoms with E-state index in [2.05, 4.69) is 20.8 Å². The molecule has 1 aromatic heterocycles. The molecule has 0 aliphatic carbocycles. The summed E-state index contributed by atoms with van der Waals surface area (Å²) in [5.74, 6) is 0.277. The van der Waals surface area contributed by atoms with E-state index in [1.807, 2.05) is 24.5 Å². The highest BCUT2D eigenvalue weighted by Gasteiger charge is 2.10. The zero-order chi connectivity index (χ0) is 17.5. The maximum atomic E-state index is 11.8. The molecule has 0 radical (unpaired) electrons. The highest BCUT2D eigenvalue weighted by Crippen LogP contribution is 2.08. The van der Waals surface area contributed by atoms with E-state index in [1.54, 1.807) is 24.3 Å². The van der Waals surface area contributed by atoms with Crippen LogP contribution in [0.25, 0.3) is 0 Å². The van der Waals surface area contributed by atoms with Gasteiger partial charge in [-0.1, -0.05) is 18.2 Å². The second-order valence-electron chi connectivity index (χ2n) is 5.56. The molecule has 0 bridgehead atoms. The van der Waals surface area contributed by atoms with Crippen molar-refractivity contribution in [2.45, 2.75) is 26.3 Å². The summed E-state index contributed by atoms with van der Waals surface area (Å²) in [6.07, 6.45) is 0.559. The van der Waals surface area contributed by atoms with Gasteiger partial charge in [0.2, 0.25) is 5.91 Å². The Kier molecular flexibility index (Phi) is 6.25. The number of H-pyrrole nitrogens is 1. The Hall–Kier alpha value is -2.48. The van der Waals surface area contributed by atoms with Crippen LogP contribution in [0.5, 0.6) is 0 Å². The molecule has 2 aromatic rings. The zero-order valence-corrected chi connectivity index (χ0v) is 14.5. The summed E-state index contributed by atoms with van der Waals surface area (Å²) in [6.45, 7) is 4.40. The molecule has 0 spiro atoms. The summed E-state index contributed by atoms with van der Waals surface area (Å²) in [5, 5.41) is 12.3. The average molecular weight is 347 g/mol. The van der Waals surface area contributed by atoms with Crippen LogP contribution < -0.4 is 10.6 Å². The van der Waals surface area contributed by atoms with E-state index in [0.29, 0.717) is 23.3 Å². The number of rotatable bonds is 7. The zero-order valence-electron chi connectivity index (χ0n) is 13.7. The molecular weight excluding hydrogens is 326 g/mol. The molecule has 1 heterocycles. The van der Waals surface area contributed by atoms with Crippen molar-refractivity contribution in [3.8, 4) is 0 Å². The van der Waals surface area contributed by atoms with Crippen molar-refractivity contribution < 1.29 is 9.59 Å². The topological polar surface area (TPSA) is 91.8 Å². The number of aromatic nitrogens is 3. The van der Waals surface area contributed by atoms with Crippen LogP contribution in [0.1, 0.15) is 36.1 Å². The summed E-state index contributed by atoms with van der Waals surface area (Å²) < 4.78 is 2.49. The molecule has 1 aromatic carbocycles. The minimum absolute atomic E-state index is 0.0647. The normalized spacial score (nSPS) is 10.6. The summed E-state index contributed by atoms with van der Waals surface area (Å²) in [5.41, 5.74) is 0.526. The number of carbonyl (C=O) groups excluding carboxylic acids is 2. The molecule has 0 atom stereocenters. The molecule has 7 nitrogen and oxygen atoms in total. The first-order chi connectivity index (χ1) is 11.5. The second-order valence-corrected chi connectivity index (χ2v) is 5.94. The minimum Gasteiger partial charge on any atom is -0.354 e. The van der Waals surface area contributed by atoms with Gasteiger partial charge in [0, 0.05) is 24.6 Å². The number of hydrogen-bond acceptors (Lipinski definition) is 4. The highest BCUT2D eigenvalue weighted by molar-refractivity contribution is 7.71. The largest absolute Gasteiger partial charge is 0.354 e. The molecule has 0 aliphatic heterocycles. The van der Waals surface area contributed by atoms with Crippen molar-refractivity contribution in [2.24, 2.45) is 0 Å². The molecule has 2 rings (SSSR count). The lowest BCUT2D eigenvalue weighted by atomic mass is 10.2. The van der Waals surface area contributed by atoms with Gasteiger partial charge in [0.15, 0.2) is 4.77 Å². The van der Waals surface area contributed by atoms with Gasteiger partial charge in [-0.3, -0.25) is 14.7 Å². The lowest BCUT2D eigenvalue weighted by molar-refractivity contribution is -0.120. The van der Waals surface area contributed by atoms with E-state index in [4.69, 9.17) is 12.2 Å². The van der Waals surface area contributed by atoms with Crippen LogP contribution in [0.15, 0.2) is 30.3 Å².